The van der Waals surface area contributed by atoms with Crippen LogP contribution in [0.1, 0.15) is 36.9 Å². The van der Waals surface area contributed by atoms with Crippen molar-refractivity contribution in [2.45, 2.75) is 25.8 Å². The molecule has 0 radical (unpaired) electrons. The molecule has 4 heteroatoms. The molecule has 3 aromatic rings. The molecule has 0 saturated carbocycles. The summed E-state index contributed by atoms with van der Waals surface area (Å²) < 4.78 is 0. The highest BCUT2D eigenvalue weighted by Crippen LogP contribution is 2.21. The number of pyridine rings is 1. The monoisotopic (exact) mass is 355 g/mol. The molecule has 27 heavy (non-hydrogen) atoms. The molecule has 0 bridgehead atoms. The molecule has 1 amide bonds. The fourth-order valence-corrected chi connectivity index (χ4v) is 3.08. The molecule has 0 unspecified atom stereocenters. The molecular formula is C23H21N3O. The highest BCUT2D eigenvalue weighted by atomic mass is 16.1. The Morgan fingerprint density at radius 1 is 1.15 bits per heavy atom. The van der Waals surface area contributed by atoms with Crippen LogP contribution >= 0.6 is 0 Å². The van der Waals surface area contributed by atoms with Crippen LogP contribution in [0.4, 0.5) is 0 Å². The van der Waals surface area contributed by atoms with Crippen molar-refractivity contribution in [2.24, 2.45) is 0 Å². The van der Waals surface area contributed by atoms with Gasteiger partial charge in [0.05, 0.1) is 11.6 Å². The SMILES string of the molecule is CCC[C@H](NC(=O)/C(C#N)=C/c1ccnc2ccccc12)c1ccccc1. The lowest BCUT2D eigenvalue weighted by atomic mass is 10.0. The van der Waals surface area contributed by atoms with Gasteiger partial charge < -0.3 is 5.32 Å². The van der Waals surface area contributed by atoms with Gasteiger partial charge in [0.25, 0.3) is 5.91 Å². The zero-order chi connectivity index (χ0) is 19.1. The zero-order valence-electron chi connectivity index (χ0n) is 15.2. The molecule has 1 N–H and O–H groups in total. The Morgan fingerprint density at radius 2 is 1.89 bits per heavy atom. The van der Waals surface area contributed by atoms with Crippen LogP contribution in [0.25, 0.3) is 17.0 Å². The van der Waals surface area contributed by atoms with Crippen LogP contribution in [0.15, 0.2) is 72.4 Å². The van der Waals surface area contributed by atoms with Crippen molar-refractivity contribution < 1.29 is 4.79 Å². The fraction of sp³-hybridized carbons (Fsp3) is 0.174. The molecule has 1 heterocycles. The van der Waals surface area contributed by atoms with E-state index in [1.54, 1.807) is 12.3 Å². The zero-order valence-corrected chi connectivity index (χ0v) is 15.2. The number of hydrogen-bond acceptors (Lipinski definition) is 3. The summed E-state index contributed by atoms with van der Waals surface area (Å²) in [6, 6.07) is 21.3. The summed E-state index contributed by atoms with van der Waals surface area (Å²) in [5.41, 5.74) is 2.76. The molecule has 1 atom stereocenters. The van der Waals surface area contributed by atoms with Gasteiger partial charge in [0, 0.05) is 11.6 Å². The number of para-hydroxylation sites is 1. The van der Waals surface area contributed by atoms with Crippen LogP contribution in [0.5, 0.6) is 0 Å². The van der Waals surface area contributed by atoms with E-state index in [1.807, 2.05) is 66.7 Å². The lowest BCUT2D eigenvalue weighted by Crippen LogP contribution is -2.29. The summed E-state index contributed by atoms with van der Waals surface area (Å²) in [5, 5.41) is 13.5. The molecule has 2 aromatic carbocycles. The minimum atomic E-state index is -0.360. The molecular weight excluding hydrogens is 334 g/mol. The largest absolute Gasteiger partial charge is 0.345 e. The van der Waals surface area contributed by atoms with Gasteiger partial charge in [-0.05, 0) is 35.8 Å². The first-order valence-corrected chi connectivity index (χ1v) is 9.04. The molecule has 3 rings (SSSR count). The van der Waals surface area contributed by atoms with Gasteiger partial charge in [0.2, 0.25) is 0 Å². The highest BCUT2D eigenvalue weighted by Gasteiger charge is 2.17. The maximum atomic E-state index is 12.8. The minimum Gasteiger partial charge on any atom is -0.345 e. The van der Waals surface area contributed by atoms with E-state index in [9.17, 15) is 10.1 Å². The Bertz CT molecular complexity index is 998. The Kier molecular flexibility index (Phi) is 5.96. The number of fused-ring (bicyclic) bond motifs is 1. The maximum Gasteiger partial charge on any atom is 0.262 e. The lowest BCUT2D eigenvalue weighted by molar-refractivity contribution is -0.117. The Hall–Kier alpha value is -3.45. The molecule has 0 aliphatic carbocycles. The first-order chi connectivity index (χ1) is 13.2. The summed E-state index contributed by atoms with van der Waals surface area (Å²) in [7, 11) is 0. The summed E-state index contributed by atoms with van der Waals surface area (Å²) in [6.45, 7) is 2.08. The van der Waals surface area contributed by atoms with Gasteiger partial charge in [-0.1, -0.05) is 61.9 Å². The number of nitrogens with one attached hydrogen (secondary N) is 1. The lowest BCUT2D eigenvalue weighted by Gasteiger charge is -2.18. The summed E-state index contributed by atoms with van der Waals surface area (Å²) in [6.07, 6.45) is 5.06. The van der Waals surface area contributed by atoms with Crippen molar-refractivity contribution in [2.75, 3.05) is 0 Å². The normalized spacial score (nSPS) is 12.4. The first kappa shape index (κ1) is 18.3. The van der Waals surface area contributed by atoms with Crippen LogP contribution in [-0.2, 0) is 4.79 Å². The minimum absolute atomic E-state index is 0.0865. The first-order valence-electron chi connectivity index (χ1n) is 9.04. The van der Waals surface area contributed by atoms with Gasteiger partial charge in [-0.3, -0.25) is 9.78 Å². The fourth-order valence-electron chi connectivity index (χ4n) is 3.08. The van der Waals surface area contributed by atoms with E-state index in [2.05, 4.69) is 17.2 Å². The van der Waals surface area contributed by atoms with Crippen molar-refractivity contribution in [3.05, 3.63) is 83.6 Å². The molecule has 0 aliphatic rings. The number of benzene rings is 2. The van der Waals surface area contributed by atoms with Gasteiger partial charge in [-0.25, -0.2) is 0 Å². The van der Waals surface area contributed by atoms with Gasteiger partial charge >= 0.3 is 0 Å². The highest BCUT2D eigenvalue weighted by molar-refractivity contribution is 6.03. The Morgan fingerprint density at radius 3 is 2.63 bits per heavy atom. The van der Waals surface area contributed by atoms with Gasteiger partial charge in [0.1, 0.15) is 11.6 Å². The molecule has 134 valence electrons. The number of hydrogen-bond donors (Lipinski definition) is 1. The van der Waals surface area contributed by atoms with E-state index < -0.39 is 0 Å². The Balaban J connectivity index is 1.89. The number of nitrogens with zero attached hydrogens (tertiary/aromatic N) is 2. The quantitative estimate of drug-likeness (QED) is 0.510. The van der Waals surface area contributed by atoms with Crippen molar-refractivity contribution in [3.8, 4) is 6.07 Å². The van der Waals surface area contributed by atoms with E-state index in [0.29, 0.717) is 0 Å². The predicted molar refractivity (Wildman–Crippen MR) is 108 cm³/mol. The van der Waals surface area contributed by atoms with Crippen molar-refractivity contribution >= 4 is 22.9 Å². The van der Waals surface area contributed by atoms with E-state index >= 15 is 0 Å². The smallest absolute Gasteiger partial charge is 0.262 e. The number of amides is 1. The van der Waals surface area contributed by atoms with E-state index in [4.69, 9.17) is 0 Å². The number of carbonyl (C=O) groups excluding carboxylic acids is 1. The summed E-state index contributed by atoms with van der Waals surface area (Å²) in [5.74, 6) is -0.360. The molecule has 0 saturated heterocycles. The number of rotatable bonds is 6. The third-order valence-corrected chi connectivity index (χ3v) is 4.43. The Labute approximate surface area is 159 Å². The molecule has 0 fully saturated rings. The van der Waals surface area contributed by atoms with E-state index in [-0.39, 0.29) is 17.5 Å². The van der Waals surface area contributed by atoms with Gasteiger partial charge in [0.15, 0.2) is 0 Å². The number of carbonyl (C=O) groups is 1. The topological polar surface area (TPSA) is 65.8 Å². The van der Waals surface area contributed by atoms with Crippen LogP contribution in [0.2, 0.25) is 0 Å². The van der Waals surface area contributed by atoms with Crippen LogP contribution in [0, 0.1) is 11.3 Å². The third-order valence-electron chi connectivity index (χ3n) is 4.43. The third kappa shape index (κ3) is 4.39. The van der Waals surface area contributed by atoms with Crippen molar-refractivity contribution in [1.82, 2.24) is 10.3 Å². The maximum absolute atomic E-state index is 12.8. The van der Waals surface area contributed by atoms with E-state index in [1.165, 1.54) is 0 Å². The summed E-state index contributed by atoms with van der Waals surface area (Å²) in [4.78, 5) is 17.1. The predicted octanol–water partition coefficient (Wildman–Crippen LogP) is 4.80. The van der Waals surface area contributed by atoms with Crippen LogP contribution < -0.4 is 5.32 Å². The molecule has 4 nitrogen and oxygen atoms in total. The van der Waals surface area contributed by atoms with Crippen molar-refractivity contribution in [3.63, 3.8) is 0 Å². The second-order valence-electron chi connectivity index (χ2n) is 6.31. The average Bonchev–Trinajstić information content (AvgIpc) is 2.72. The van der Waals surface area contributed by atoms with Crippen LogP contribution in [-0.4, -0.2) is 10.9 Å². The van der Waals surface area contributed by atoms with Crippen LogP contribution in [0.3, 0.4) is 0 Å². The molecule has 0 aliphatic heterocycles. The number of nitriles is 1. The second kappa shape index (κ2) is 8.77. The number of aromatic nitrogens is 1. The van der Waals surface area contributed by atoms with Crippen molar-refractivity contribution in [1.29, 1.82) is 5.26 Å². The second-order valence-corrected chi connectivity index (χ2v) is 6.31. The van der Waals surface area contributed by atoms with E-state index in [0.717, 1.165) is 34.9 Å². The molecule has 1 aromatic heterocycles. The standard InChI is InChI=1S/C23H21N3O/c1-2-8-21(17-9-4-3-5-10-17)26-23(27)19(16-24)15-18-13-14-25-22-12-7-6-11-20(18)22/h3-7,9-15,21H,2,8H2,1H3,(H,26,27)/b19-15+/t21-/m0/s1. The summed E-state index contributed by atoms with van der Waals surface area (Å²) >= 11 is 0. The molecule has 0 spiro atoms. The van der Waals surface area contributed by atoms with Gasteiger partial charge in [-0.2, -0.15) is 5.26 Å². The average molecular weight is 355 g/mol. The van der Waals surface area contributed by atoms with Gasteiger partial charge in [-0.15, -0.1) is 0 Å².